The van der Waals surface area contributed by atoms with Crippen LogP contribution in [0.15, 0.2) is 11.7 Å². The molecule has 15 heavy (non-hydrogen) atoms. The molecular formula is C9H13N5S. The molecule has 3 N–H and O–H groups in total. The maximum Gasteiger partial charge on any atom is 0.184 e. The molecule has 0 saturated carbocycles. The van der Waals surface area contributed by atoms with Crippen molar-refractivity contribution in [2.24, 2.45) is 5.73 Å². The van der Waals surface area contributed by atoms with Crippen molar-refractivity contribution < 1.29 is 0 Å². The summed E-state index contributed by atoms with van der Waals surface area (Å²) in [5.74, 6) is 0.704. The van der Waals surface area contributed by atoms with E-state index in [-0.39, 0.29) is 6.04 Å². The molecule has 0 aromatic carbocycles. The molecule has 0 aliphatic rings. The summed E-state index contributed by atoms with van der Waals surface area (Å²) in [6, 6.07) is 0.0305. The first-order valence-electron chi connectivity index (χ1n) is 4.88. The van der Waals surface area contributed by atoms with Crippen molar-refractivity contribution >= 4 is 11.3 Å². The van der Waals surface area contributed by atoms with E-state index >= 15 is 0 Å². The Morgan fingerprint density at radius 1 is 1.60 bits per heavy atom. The van der Waals surface area contributed by atoms with Crippen molar-refractivity contribution in [1.82, 2.24) is 20.2 Å². The van der Waals surface area contributed by atoms with Gasteiger partial charge in [-0.2, -0.15) is 5.10 Å². The molecule has 0 saturated heterocycles. The molecule has 1 unspecified atom stereocenters. The van der Waals surface area contributed by atoms with Crippen LogP contribution in [0.2, 0.25) is 0 Å². The summed E-state index contributed by atoms with van der Waals surface area (Å²) >= 11 is 1.54. The third-order valence-electron chi connectivity index (χ3n) is 2.12. The first-order chi connectivity index (χ1) is 7.31. The molecular weight excluding hydrogens is 210 g/mol. The molecule has 0 amide bonds. The predicted molar refractivity (Wildman–Crippen MR) is 59.3 cm³/mol. The molecule has 0 aliphatic heterocycles. The second-order valence-corrected chi connectivity index (χ2v) is 4.16. The Labute approximate surface area is 91.8 Å². The zero-order valence-corrected chi connectivity index (χ0v) is 9.29. The van der Waals surface area contributed by atoms with Gasteiger partial charge in [0.1, 0.15) is 6.33 Å². The lowest BCUT2D eigenvalue weighted by molar-refractivity contribution is 0.625. The van der Waals surface area contributed by atoms with Crippen LogP contribution in [-0.4, -0.2) is 20.2 Å². The number of H-pyrrole nitrogens is 1. The van der Waals surface area contributed by atoms with Crippen LogP contribution in [0.5, 0.6) is 0 Å². The van der Waals surface area contributed by atoms with Crippen molar-refractivity contribution in [2.75, 3.05) is 0 Å². The van der Waals surface area contributed by atoms with Gasteiger partial charge < -0.3 is 5.73 Å². The molecule has 5 nitrogen and oxygen atoms in total. The molecule has 2 aromatic rings. The van der Waals surface area contributed by atoms with Gasteiger partial charge in [0, 0.05) is 11.4 Å². The summed E-state index contributed by atoms with van der Waals surface area (Å²) in [7, 11) is 0. The lowest BCUT2D eigenvalue weighted by Gasteiger charge is -2.05. The Morgan fingerprint density at radius 3 is 3.13 bits per heavy atom. The van der Waals surface area contributed by atoms with Gasteiger partial charge in [0.05, 0.1) is 5.69 Å². The second kappa shape index (κ2) is 4.50. The highest BCUT2D eigenvalue weighted by atomic mass is 32.1. The molecule has 2 heterocycles. The Bertz CT molecular complexity index is 408. The summed E-state index contributed by atoms with van der Waals surface area (Å²) in [6.07, 6.45) is 3.50. The number of nitrogens with one attached hydrogen (secondary N) is 1. The van der Waals surface area contributed by atoms with Crippen LogP contribution < -0.4 is 5.73 Å². The number of nitrogens with two attached hydrogens (primary N) is 1. The molecule has 6 heteroatoms. The van der Waals surface area contributed by atoms with Crippen LogP contribution >= 0.6 is 11.3 Å². The van der Waals surface area contributed by atoms with Crippen molar-refractivity contribution in [3.8, 4) is 10.8 Å². The smallest absolute Gasteiger partial charge is 0.184 e. The monoisotopic (exact) mass is 223 g/mol. The molecule has 2 rings (SSSR count). The van der Waals surface area contributed by atoms with E-state index in [1.807, 2.05) is 5.38 Å². The minimum atomic E-state index is 0.0305. The van der Waals surface area contributed by atoms with Gasteiger partial charge in [-0.1, -0.05) is 13.3 Å². The fraction of sp³-hybridized carbons (Fsp3) is 0.444. The number of rotatable bonds is 4. The highest BCUT2D eigenvalue weighted by molar-refractivity contribution is 7.13. The van der Waals surface area contributed by atoms with Gasteiger partial charge in [0.15, 0.2) is 10.8 Å². The van der Waals surface area contributed by atoms with E-state index in [4.69, 9.17) is 5.73 Å². The number of thiazole rings is 1. The van der Waals surface area contributed by atoms with Gasteiger partial charge in [-0.3, -0.25) is 5.10 Å². The predicted octanol–water partition coefficient (Wildman–Crippen LogP) is 1.73. The summed E-state index contributed by atoms with van der Waals surface area (Å²) < 4.78 is 0. The first kappa shape index (κ1) is 10.3. The van der Waals surface area contributed by atoms with E-state index < -0.39 is 0 Å². The Morgan fingerprint density at radius 2 is 2.47 bits per heavy atom. The highest BCUT2D eigenvalue weighted by Crippen LogP contribution is 2.23. The van der Waals surface area contributed by atoms with Gasteiger partial charge in [0.25, 0.3) is 0 Å². The van der Waals surface area contributed by atoms with Gasteiger partial charge >= 0.3 is 0 Å². The normalized spacial score (nSPS) is 12.9. The SMILES string of the molecule is CCCC(N)c1csc(-c2ncn[nH]2)n1. The maximum absolute atomic E-state index is 5.97. The first-order valence-corrected chi connectivity index (χ1v) is 5.76. The summed E-state index contributed by atoms with van der Waals surface area (Å²) in [4.78, 5) is 8.48. The maximum atomic E-state index is 5.97. The van der Waals surface area contributed by atoms with Gasteiger partial charge in [0.2, 0.25) is 0 Å². The van der Waals surface area contributed by atoms with Crippen LogP contribution in [-0.2, 0) is 0 Å². The molecule has 0 fully saturated rings. The van der Waals surface area contributed by atoms with Crippen LogP contribution in [0.1, 0.15) is 31.5 Å². The summed E-state index contributed by atoms with van der Waals surface area (Å²) in [5, 5.41) is 9.40. The average Bonchev–Trinajstić information content (AvgIpc) is 2.89. The largest absolute Gasteiger partial charge is 0.323 e. The Hall–Kier alpha value is -1.27. The average molecular weight is 223 g/mol. The second-order valence-electron chi connectivity index (χ2n) is 3.31. The topological polar surface area (TPSA) is 80.5 Å². The molecule has 2 aromatic heterocycles. The molecule has 0 aliphatic carbocycles. The number of nitrogens with zero attached hydrogens (tertiary/aromatic N) is 3. The molecule has 0 radical (unpaired) electrons. The summed E-state index contributed by atoms with van der Waals surface area (Å²) in [6.45, 7) is 2.11. The van der Waals surface area contributed by atoms with E-state index in [0.29, 0.717) is 5.82 Å². The quantitative estimate of drug-likeness (QED) is 0.827. The fourth-order valence-corrected chi connectivity index (χ4v) is 2.16. The van der Waals surface area contributed by atoms with Crippen LogP contribution in [0, 0.1) is 0 Å². The lowest BCUT2D eigenvalue weighted by Crippen LogP contribution is -2.09. The zero-order chi connectivity index (χ0) is 10.7. The highest BCUT2D eigenvalue weighted by Gasteiger charge is 2.11. The number of hydrogen-bond donors (Lipinski definition) is 2. The fourth-order valence-electron chi connectivity index (χ4n) is 1.33. The van der Waals surface area contributed by atoms with Crippen molar-refractivity contribution in [3.63, 3.8) is 0 Å². The molecule has 0 bridgehead atoms. The van der Waals surface area contributed by atoms with Crippen molar-refractivity contribution in [3.05, 3.63) is 17.4 Å². The number of aromatic amines is 1. The minimum Gasteiger partial charge on any atom is -0.323 e. The van der Waals surface area contributed by atoms with E-state index in [1.54, 1.807) is 0 Å². The summed E-state index contributed by atoms with van der Waals surface area (Å²) in [5.41, 5.74) is 6.91. The van der Waals surface area contributed by atoms with E-state index in [9.17, 15) is 0 Å². The van der Waals surface area contributed by atoms with E-state index in [2.05, 4.69) is 27.1 Å². The number of aromatic nitrogens is 4. The van der Waals surface area contributed by atoms with E-state index in [0.717, 1.165) is 23.5 Å². The molecule has 1 atom stereocenters. The standard InChI is InChI=1S/C9H13N5S/c1-2-3-6(10)7-4-15-9(13-7)8-11-5-12-14-8/h4-6H,2-3,10H2,1H3,(H,11,12,14). The van der Waals surface area contributed by atoms with Crippen LogP contribution in [0.25, 0.3) is 10.8 Å². The van der Waals surface area contributed by atoms with Crippen molar-refractivity contribution in [1.29, 1.82) is 0 Å². The zero-order valence-electron chi connectivity index (χ0n) is 8.47. The van der Waals surface area contributed by atoms with Crippen LogP contribution in [0.4, 0.5) is 0 Å². The number of hydrogen-bond acceptors (Lipinski definition) is 5. The van der Waals surface area contributed by atoms with Crippen molar-refractivity contribution in [2.45, 2.75) is 25.8 Å². The molecule has 0 spiro atoms. The van der Waals surface area contributed by atoms with Gasteiger partial charge in [-0.15, -0.1) is 11.3 Å². The van der Waals surface area contributed by atoms with E-state index in [1.165, 1.54) is 17.7 Å². The molecule has 80 valence electrons. The third-order valence-corrected chi connectivity index (χ3v) is 2.99. The minimum absolute atomic E-state index is 0.0305. The van der Waals surface area contributed by atoms with Gasteiger partial charge in [-0.05, 0) is 6.42 Å². The lowest BCUT2D eigenvalue weighted by atomic mass is 10.1. The van der Waals surface area contributed by atoms with Crippen LogP contribution in [0.3, 0.4) is 0 Å². The Kier molecular flexibility index (Phi) is 3.08. The third kappa shape index (κ3) is 2.21. The van der Waals surface area contributed by atoms with Gasteiger partial charge in [-0.25, -0.2) is 9.97 Å². The Balaban J connectivity index is 2.17.